The zero-order valence-electron chi connectivity index (χ0n) is 12.8. The van der Waals surface area contributed by atoms with Gasteiger partial charge in [-0.25, -0.2) is 13.1 Å². The Kier molecular flexibility index (Phi) is 5.27. The van der Waals surface area contributed by atoms with Crippen LogP contribution in [0.5, 0.6) is 0 Å². The van der Waals surface area contributed by atoms with Gasteiger partial charge in [-0.3, -0.25) is 4.79 Å². The van der Waals surface area contributed by atoms with Crippen LogP contribution in [0, 0.1) is 17.8 Å². The van der Waals surface area contributed by atoms with E-state index < -0.39 is 16.1 Å². The summed E-state index contributed by atoms with van der Waals surface area (Å²) in [4.78, 5) is 14.1. The highest BCUT2D eigenvalue weighted by molar-refractivity contribution is 7.89. The molecule has 0 spiro atoms. The van der Waals surface area contributed by atoms with Crippen molar-refractivity contribution in [2.24, 2.45) is 17.8 Å². The number of aliphatic hydroxyl groups is 1. The lowest BCUT2D eigenvalue weighted by Crippen LogP contribution is -2.44. The number of amides is 1. The third kappa shape index (κ3) is 4.93. The lowest BCUT2D eigenvalue weighted by atomic mass is 9.99. The second kappa shape index (κ2) is 6.62. The average molecular weight is 318 g/mol. The van der Waals surface area contributed by atoms with Crippen molar-refractivity contribution in [1.29, 1.82) is 0 Å². The Morgan fingerprint density at radius 3 is 2.71 bits per heavy atom. The molecule has 21 heavy (non-hydrogen) atoms. The van der Waals surface area contributed by atoms with Gasteiger partial charge in [0, 0.05) is 25.6 Å². The molecule has 1 heterocycles. The molecule has 0 radical (unpaired) electrons. The SMILES string of the molecule is C[C@H](O)CNS(=O)(=O)C[C@@H]1CCCN(C(=O)[C@H]2C[C@@H]2C)C1. The number of nitrogens with zero attached hydrogens (tertiary/aromatic N) is 1. The predicted molar refractivity (Wildman–Crippen MR) is 80.0 cm³/mol. The molecule has 0 unspecified atom stereocenters. The summed E-state index contributed by atoms with van der Waals surface area (Å²) < 4.78 is 26.3. The second-order valence-electron chi connectivity index (χ2n) is 6.59. The molecule has 2 N–H and O–H groups in total. The summed E-state index contributed by atoms with van der Waals surface area (Å²) in [7, 11) is -3.39. The van der Waals surface area contributed by atoms with Gasteiger partial charge in [0.1, 0.15) is 0 Å². The van der Waals surface area contributed by atoms with Gasteiger partial charge in [0.25, 0.3) is 0 Å². The van der Waals surface area contributed by atoms with E-state index in [1.54, 1.807) is 6.92 Å². The molecule has 0 bridgehead atoms. The highest BCUT2D eigenvalue weighted by atomic mass is 32.2. The van der Waals surface area contributed by atoms with E-state index in [9.17, 15) is 13.2 Å². The normalized spacial score (nSPS) is 31.0. The van der Waals surface area contributed by atoms with E-state index in [-0.39, 0.29) is 30.0 Å². The molecule has 7 heteroatoms. The van der Waals surface area contributed by atoms with Gasteiger partial charge in [0.2, 0.25) is 15.9 Å². The fraction of sp³-hybridized carbons (Fsp3) is 0.929. The summed E-state index contributed by atoms with van der Waals surface area (Å²) in [5.41, 5.74) is 0. The van der Waals surface area contributed by atoms with Crippen LogP contribution in [0.15, 0.2) is 0 Å². The number of piperidine rings is 1. The number of likely N-dealkylation sites (tertiary alicyclic amines) is 1. The van der Waals surface area contributed by atoms with E-state index >= 15 is 0 Å². The fourth-order valence-corrected chi connectivity index (χ4v) is 4.42. The molecule has 2 rings (SSSR count). The van der Waals surface area contributed by atoms with Gasteiger partial charge in [-0.05, 0) is 38.0 Å². The van der Waals surface area contributed by atoms with E-state index in [0.29, 0.717) is 12.5 Å². The summed E-state index contributed by atoms with van der Waals surface area (Å²) in [5, 5.41) is 9.15. The summed E-state index contributed by atoms with van der Waals surface area (Å²) >= 11 is 0. The van der Waals surface area contributed by atoms with Crippen molar-refractivity contribution in [2.45, 2.75) is 39.2 Å². The number of carbonyl (C=O) groups excluding carboxylic acids is 1. The third-order valence-corrected chi connectivity index (χ3v) is 5.83. The van der Waals surface area contributed by atoms with Crippen LogP contribution in [0.25, 0.3) is 0 Å². The molecule has 1 amide bonds. The molecule has 0 aromatic carbocycles. The lowest BCUT2D eigenvalue weighted by molar-refractivity contribution is -0.134. The molecular weight excluding hydrogens is 292 g/mol. The Morgan fingerprint density at radius 1 is 1.48 bits per heavy atom. The Hall–Kier alpha value is -0.660. The minimum absolute atomic E-state index is 0.0109. The molecule has 122 valence electrons. The van der Waals surface area contributed by atoms with Crippen LogP contribution in [0.3, 0.4) is 0 Å². The van der Waals surface area contributed by atoms with Gasteiger partial charge in [0.15, 0.2) is 0 Å². The molecule has 1 saturated carbocycles. The molecule has 0 aromatic rings. The number of carbonyl (C=O) groups is 1. The van der Waals surface area contributed by atoms with Crippen LogP contribution in [0.1, 0.15) is 33.1 Å². The molecule has 1 saturated heterocycles. The average Bonchev–Trinajstić information content (AvgIpc) is 3.13. The topological polar surface area (TPSA) is 86.7 Å². The lowest BCUT2D eigenvalue weighted by Gasteiger charge is -2.33. The summed E-state index contributed by atoms with van der Waals surface area (Å²) in [6.45, 7) is 4.95. The van der Waals surface area contributed by atoms with E-state index in [1.165, 1.54) is 0 Å². The first-order valence-electron chi connectivity index (χ1n) is 7.72. The summed E-state index contributed by atoms with van der Waals surface area (Å²) in [6.07, 6.45) is 1.97. The molecular formula is C14H26N2O4S. The largest absolute Gasteiger partial charge is 0.392 e. The first-order chi connectivity index (χ1) is 9.78. The number of rotatable bonds is 6. The number of hydrogen-bond acceptors (Lipinski definition) is 4. The van der Waals surface area contributed by atoms with Crippen LogP contribution >= 0.6 is 0 Å². The van der Waals surface area contributed by atoms with Gasteiger partial charge in [-0.15, -0.1) is 0 Å². The second-order valence-corrected chi connectivity index (χ2v) is 8.44. The number of nitrogens with one attached hydrogen (secondary N) is 1. The van der Waals surface area contributed by atoms with Crippen LogP contribution in [0.4, 0.5) is 0 Å². The number of sulfonamides is 1. The molecule has 2 aliphatic rings. The van der Waals surface area contributed by atoms with Crippen molar-refractivity contribution >= 4 is 15.9 Å². The van der Waals surface area contributed by atoms with E-state index in [2.05, 4.69) is 11.6 Å². The van der Waals surface area contributed by atoms with Crippen molar-refractivity contribution in [3.05, 3.63) is 0 Å². The molecule has 0 aromatic heterocycles. The van der Waals surface area contributed by atoms with Crippen LogP contribution in [-0.4, -0.2) is 55.8 Å². The molecule has 6 nitrogen and oxygen atoms in total. The minimum Gasteiger partial charge on any atom is -0.392 e. The number of aliphatic hydroxyl groups excluding tert-OH is 1. The van der Waals surface area contributed by atoms with Gasteiger partial charge < -0.3 is 10.0 Å². The minimum atomic E-state index is -3.39. The van der Waals surface area contributed by atoms with E-state index in [4.69, 9.17) is 5.11 Å². The number of hydrogen-bond donors (Lipinski definition) is 2. The Bertz CT molecular complexity index is 477. The van der Waals surface area contributed by atoms with E-state index in [1.807, 2.05) is 4.90 Å². The fourth-order valence-electron chi connectivity index (χ4n) is 2.92. The highest BCUT2D eigenvalue weighted by Gasteiger charge is 2.42. The van der Waals surface area contributed by atoms with Crippen molar-refractivity contribution in [2.75, 3.05) is 25.4 Å². The van der Waals surface area contributed by atoms with Gasteiger partial charge in [0.05, 0.1) is 11.9 Å². The van der Waals surface area contributed by atoms with Crippen molar-refractivity contribution < 1.29 is 18.3 Å². The maximum absolute atomic E-state index is 12.2. The maximum Gasteiger partial charge on any atom is 0.225 e. The zero-order chi connectivity index (χ0) is 15.6. The van der Waals surface area contributed by atoms with Gasteiger partial charge in [-0.2, -0.15) is 0 Å². The Labute approximate surface area is 126 Å². The first-order valence-corrected chi connectivity index (χ1v) is 9.38. The molecule has 2 fully saturated rings. The maximum atomic E-state index is 12.2. The Balaban J connectivity index is 1.85. The van der Waals surface area contributed by atoms with E-state index in [0.717, 1.165) is 25.8 Å². The van der Waals surface area contributed by atoms with Crippen LogP contribution < -0.4 is 4.72 Å². The highest BCUT2D eigenvalue weighted by Crippen LogP contribution is 2.39. The summed E-state index contributed by atoms with van der Waals surface area (Å²) in [6, 6.07) is 0. The van der Waals surface area contributed by atoms with Crippen molar-refractivity contribution in [1.82, 2.24) is 9.62 Å². The van der Waals surface area contributed by atoms with Crippen molar-refractivity contribution in [3.8, 4) is 0 Å². The molecule has 1 aliphatic carbocycles. The molecule has 1 aliphatic heterocycles. The first kappa shape index (κ1) is 16.7. The molecule has 4 atom stereocenters. The monoisotopic (exact) mass is 318 g/mol. The van der Waals surface area contributed by atoms with Gasteiger partial charge >= 0.3 is 0 Å². The van der Waals surface area contributed by atoms with Crippen molar-refractivity contribution in [3.63, 3.8) is 0 Å². The van der Waals surface area contributed by atoms with Crippen LogP contribution in [0.2, 0.25) is 0 Å². The quantitative estimate of drug-likeness (QED) is 0.731. The summed E-state index contributed by atoms with van der Waals surface area (Å²) in [5.74, 6) is 0.858. The zero-order valence-corrected chi connectivity index (χ0v) is 13.6. The Morgan fingerprint density at radius 2 is 2.14 bits per heavy atom. The van der Waals surface area contributed by atoms with Gasteiger partial charge in [-0.1, -0.05) is 6.92 Å². The third-order valence-electron chi connectivity index (χ3n) is 4.31. The van der Waals surface area contributed by atoms with Crippen LogP contribution in [-0.2, 0) is 14.8 Å². The predicted octanol–water partition coefficient (Wildman–Crippen LogP) is 0.181. The smallest absolute Gasteiger partial charge is 0.225 e. The standard InChI is InChI=1S/C14H26N2O4S/c1-10-6-13(10)14(18)16-5-3-4-12(8-16)9-21(19,20)15-7-11(2)17/h10-13,15,17H,3-9H2,1-2H3/t10-,11-,12+,13-/m0/s1.